The molecule has 1 unspecified atom stereocenters. The minimum absolute atomic E-state index is 0.295. The molecular weight excluding hydrogens is 234 g/mol. The lowest BCUT2D eigenvalue weighted by Crippen LogP contribution is -2.47. The van der Waals surface area contributed by atoms with Gasteiger partial charge in [-0.15, -0.1) is 0 Å². The van der Waals surface area contributed by atoms with Crippen molar-refractivity contribution in [2.45, 2.75) is 26.4 Å². The molecule has 1 atom stereocenters. The lowest BCUT2D eigenvalue weighted by molar-refractivity contribution is -0.137. The summed E-state index contributed by atoms with van der Waals surface area (Å²) in [7, 11) is 0. The van der Waals surface area contributed by atoms with Gasteiger partial charge in [-0.05, 0) is 31.0 Å². The van der Waals surface area contributed by atoms with Crippen molar-refractivity contribution in [1.29, 1.82) is 0 Å². The third-order valence-electron chi connectivity index (χ3n) is 2.88. The minimum Gasteiger partial charge on any atom is -0.480 e. The Balaban J connectivity index is 2.44. The van der Waals surface area contributed by atoms with Gasteiger partial charge in [0.1, 0.15) is 12.3 Å². The number of carboxylic acid groups (broad SMARTS) is 1. The number of hydrogen-bond donors (Lipinski definition) is 1. The molecule has 0 radical (unpaired) electrons. The Morgan fingerprint density at radius 3 is 2.83 bits per heavy atom. The first-order chi connectivity index (χ1) is 8.52. The zero-order valence-corrected chi connectivity index (χ0v) is 10.3. The molecule has 1 aromatic rings. The number of carbonyl (C=O) groups excluding carboxylic acids is 1. The summed E-state index contributed by atoms with van der Waals surface area (Å²) in [5.41, 5.74) is 1.53. The first-order valence-electron chi connectivity index (χ1n) is 5.83. The van der Waals surface area contributed by atoms with Crippen LogP contribution >= 0.6 is 0 Å². The summed E-state index contributed by atoms with van der Waals surface area (Å²) in [6, 6.07) is 5.37. The number of nitrogens with zero attached hydrogens (tertiary/aromatic N) is 1. The zero-order chi connectivity index (χ0) is 13.3. The minimum atomic E-state index is -1.04. The van der Waals surface area contributed by atoms with E-state index in [2.05, 4.69) is 0 Å². The molecule has 18 heavy (non-hydrogen) atoms. The van der Waals surface area contributed by atoms with E-state index in [0.29, 0.717) is 17.9 Å². The molecule has 0 aliphatic carbocycles. The molecule has 5 nitrogen and oxygen atoms in total. The first-order valence-corrected chi connectivity index (χ1v) is 5.83. The molecule has 1 heterocycles. The fraction of sp³-hybridized carbons (Fsp3) is 0.385. The van der Waals surface area contributed by atoms with Crippen molar-refractivity contribution in [1.82, 2.24) is 0 Å². The van der Waals surface area contributed by atoms with Gasteiger partial charge >= 0.3 is 5.97 Å². The predicted molar refractivity (Wildman–Crippen MR) is 65.9 cm³/mol. The van der Waals surface area contributed by atoms with E-state index in [9.17, 15) is 9.59 Å². The smallest absolute Gasteiger partial charge is 0.323 e. The number of hydrogen-bond acceptors (Lipinski definition) is 3. The van der Waals surface area contributed by atoms with Gasteiger partial charge in [0, 0.05) is 0 Å². The normalized spacial score (nSPS) is 18.2. The Kier molecular flexibility index (Phi) is 3.23. The van der Waals surface area contributed by atoms with E-state index < -0.39 is 12.1 Å². The summed E-state index contributed by atoms with van der Waals surface area (Å²) in [5, 5.41) is 8.89. The van der Waals surface area contributed by atoms with Crippen LogP contribution in [0, 0.1) is 6.92 Å². The van der Waals surface area contributed by atoms with E-state index >= 15 is 0 Å². The van der Waals surface area contributed by atoms with E-state index in [1.807, 2.05) is 26.0 Å². The number of ether oxygens (including phenoxy) is 1. The molecule has 0 aromatic heterocycles. The number of anilines is 1. The molecule has 0 saturated carbocycles. The van der Waals surface area contributed by atoms with E-state index in [1.54, 1.807) is 6.07 Å². The highest BCUT2D eigenvalue weighted by Gasteiger charge is 2.34. The fourth-order valence-electron chi connectivity index (χ4n) is 1.99. The number of amides is 1. The van der Waals surface area contributed by atoms with Crippen LogP contribution in [-0.2, 0) is 9.59 Å². The van der Waals surface area contributed by atoms with Gasteiger partial charge in [-0.3, -0.25) is 14.5 Å². The summed E-state index contributed by atoms with van der Waals surface area (Å²) in [6.45, 7) is 3.42. The highest BCUT2D eigenvalue weighted by Crippen LogP contribution is 2.35. The van der Waals surface area contributed by atoms with Crippen LogP contribution in [0.2, 0.25) is 0 Å². The van der Waals surface area contributed by atoms with Crippen molar-refractivity contribution in [3.8, 4) is 5.75 Å². The van der Waals surface area contributed by atoms with Crippen LogP contribution in [0.5, 0.6) is 5.75 Å². The summed E-state index contributed by atoms with van der Waals surface area (Å²) < 4.78 is 5.60. The summed E-state index contributed by atoms with van der Waals surface area (Å²) in [5.74, 6) is -0.759. The zero-order valence-electron chi connectivity index (χ0n) is 10.3. The number of benzene rings is 1. The van der Waals surface area contributed by atoms with Crippen molar-refractivity contribution >= 4 is 17.6 Å². The molecular formula is C13H15NO4. The van der Waals surface area contributed by atoms with Crippen molar-refractivity contribution in [3.63, 3.8) is 0 Å². The van der Waals surface area contributed by atoms with Crippen molar-refractivity contribution in [2.24, 2.45) is 0 Å². The van der Waals surface area contributed by atoms with Gasteiger partial charge in [0.15, 0.2) is 6.10 Å². The Hall–Kier alpha value is -2.04. The van der Waals surface area contributed by atoms with Crippen molar-refractivity contribution in [3.05, 3.63) is 23.8 Å². The molecule has 0 saturated heterocycles. The third kappa shape index (κ3) is 2.16. The number of rotatable bonds is 3. The molecule has 1 aromatic carbocycles. The average Bonchev–Trinajstić information content (AvgIpc) is 2.31. The molecule has 1 amide bonds. The molecule has 5 heteroatoms. The number of aliphatic carboxylic acids is 1. The lowest BCUT2D eigenvalue weighted by Gasteiger charge is -2.33. The van der Waals surface area contributed by atoms with Crippen LogP contribution in [0.1, 0.15) is 18.9 Å². The van der Waals surface area contributed by atoms with Crippen molar-refractivity contribution in [2.75, 3.05) is 11.4 Å². The monoisotopic (exact) mass is 249 g/mol. The van der Waals surface area contributed by atoms with Crippen LogP contribution in [0.15, 0.2) is 18.2 Å². The van der Waals surface area contributed by atoms with Gasteiger partial charge in [0.05, 0.1) is 5.69 Å². The molecule has 0 bridgehead atoms. The van der Waals surface area contributed by atoms with Crippen LogP contribution < -0.4 is 9.64 Å². The Labute approximate surface area is 105 Å². The van der Waals surface area contributed by atoms with Gasteiger partial charge in [0.2, 0.25) is 0 Å². The van der Waals surface area contributed by atoms with Crippen LogP contribution in [0.4, 0.5) is 5.69 Å². The quantitative estimate of drug-likeness (QED) is 0.883. The van der Waals surface area contributed by atoms with Gasteiger partial charge in [-0.25, -0.2) is 0 Å². The fourth-order valence-corrected chi connectivity index (χ4v) is 1.99. The highest BCUT2D eigenvalue weighted by molar-refractivity contribution is 6.02. The summed E-state index contributed by atoms with van der Waals surface area (Å²) >= 11 is 0. The number of carbonyl (C=O) groups is 2. The maximum absolute atomic E-state index is 12.1. The number of aryl methyl sites for hydroxylation is 1. The van der Waals surface area contributed by atoms with Crippen molar-refractivity contribution < 1.29 is 19.4 Å². The molecule has 0 spiro atoms. The first kappa shape index (κ1) is 12.4. The summed E-state index contributed by atoms with van der Waals surface area (Å²) in [6.07, 6.45) is -0.0823. The lowest BCUT2D eigenvalue weighted by atomic mass is 10.1. The number of fused-ring (bicyclic) bond motifs is 1. The second kappa shape index (κ2) is 4.68. The van der Waals surface area contributed by atoms with E-state index in [0.717, 1.165) is 5.56 Å². The van der Waals surface area contributed by atoms with Crippen LogP contribution in [0.3, 0.4) is 0 Å². The second-order valence-electron chi connectivity index (χ2n) is 4.30. The molecule has 0 fully saturated rings. The van der Waals surface area contributed by atoms with Gasteiger partial charge in [-0.1, -0.05) is 13.0 Å². The van der Waals surface area contributed by atoms with Crippen LogP contribution in [0.25, 0.3) is 0 Å². The van der Waals surface area contributed by atoms with E-state index in [1.165, 1.54) is 4.90 Å². The molecule has 2 rings (SSSR count). The summed E-state index contributed by atoms with van der Waals surface area (Å²) in [4.78, 5) is 24.2. The SMILES string of the molecule is CCC1Oc2cc(C)ccc2N(CC(=O)O)C1=O. The Morgan fingerprint density at radius 1 is 1.50 bits per heavy atom. The second-order valence-corrected chi connectivity index (χ2v) is 4.30. The maximum atomic E-state index is 12.1. The molecule has 1 N–H and O–H groups in total. The van der Waals surface area contributed by atoms with Gasteiger partial charge in [-0.2, -0.15) is 0 Å². The molecule has 1 aliphatic rings. The molecule has 1 aliphatic heterocycles. The third-order valence-corrected chi connectivity index (χ3v) is 2.88. The highest BCUT2D eigenvalue weighted by atomic mass is 16.5. The van der Waals surface area contributed by atoms with E-state index in [-0.39, 0.29) is 12.5 Å². The maximum Gasteiger partial charge on any atom is 0.323 e. The Morgan fingerprint density at radius 2 is 2.22 bits per heavy atom. The predicted octanol–water partition coefficient (Wildman–Crippen LogP) is 1.58. The Bertz CT molecular complexity index is 498. The molecule has 96 valence electrons. The standard InChI is InChI=1S/C13H15NO4/c1-3-10-13(17)14(7-12(15)16)9-5-4-8(2)6-11(9)18-10/h4-6,10H,3,7H2,1-2H3,(H,15,16). The van der Waals surface area contributed by atoms with Gasteiger partial charge < -0.3 is 9.84 Å². The van der Waals surface area contributed by atoms with Crippen LogP contribution in [-0.4, -0.2) is 29.6 Å². The topological polar surface area (TPSA) is 66.8 Å². The largest absolute Gasteiger partial charge is 0.480 e. The average molecular weight is 249 g/mol. The van der Waals surface area contributed by atoms with E-state index in [4.69, 9.17) is 9.84 Å². The van der Waals surface area contributed by atoms with Gasteiger partial charge in [0.25, 0.3) is 5.91 Å². The number of carboxylic acids is 1.